The van der Waals surface area contributed by atoms with Gasteiger partial charge in [-0.1, -0.05) is 79.8 Å². The van der Waals surface area contributed by atoms with Crippen LogP contribution < -0.4 is 4.74 Å². The summed E-state index contributed by atoms with van der Waals surface area (Å²) in [5.74, 6) is 1.12. The minimum absolute atomic E-state index is 0.197. The van der Waals surface area contributed by atoms with Crippen LogP contribution in [0, 0.1) is 0 Å². The van der Waals surface area contributed by atoms with E-state index in [4.69, 9.17) is 14.2 Å². The van der Waals surface area contributed by atoms with E-state index in [0.29, 0.717) is 6.61 Å². The van der Waals surface area contributed by atoms with Crippen LogP contribution in [0.25, 0.3) is 18.2 Å². The van der Waals surface area contributed by atoms with E-state index >= 15 is 0 Å². The molecule has 0 heterocycles. The quantitative estimate of drug-likeness (QED) is 0.146. The molecule has 194 valence electrons. The van der Waals surface area contributed by atoms with Crippen molar-refractivity contribution in [2.24, 2.45) is 0 Å². The molecule has 0 fully saturated rings. The molecule has 4 nitrogen and oxygen atoms in total. The summed E-state index contributed by atoms with van der Waals surface area (Å²) in [5.41, 5.74) is 4.08. The second-order valence-corrected chi connectivity index (χ2v) is 9.39. The molecule has 0 aliphatic rings. The summed E-state index contributed by atoms with van der Waals surface area (Å²) in [7, 11) is 0. The molecular formula is C33H38O4. The summed E-state index contributed by atoms with van der Waals surface area (Å²) in [6.45, 7) is 8.86. The number of phenols is 1. The van der Waals surface area contributed by atoms with Gasteiger partial charge in [0.15, 0.2) is 6.29 Å². The third kappa shape index (κ3) is 10.0. The number of benzene rings is 3. The third-order valence-corrected chi connectivity index (χ3v) is 5.64. The Morgan fingerprint density at radius 3 is 1.86 bits per heavy atom. The van der Waals surface area contributed by atoms with E-state index in [2.05, 4.69) is 38.1 Å². The highest BCUT2D eigenvalue weighted by atomic mass is 16.7. The summed E-state index contributed by atoms with van der Waals surface area (Å²) in [6.07, 6.45) is 13.1. The normalized spacial score (nSPS) is 13.0. The minimum atomic E-state index is -0.351. The smallest absolute Gasteiger partial charge is 0.198 e. The van der Waals surface area contributed by atoms with Crippen LogP contribution in [0.1, 0.15) is 56.4 Å². The number of hydrogen-bond donors (Lipinski definition) is 1. The zero-order valence-corrected chi connectivity index (χ0v) is 22.3. The molecule has 1 N–H and O–H groups in total. The van der Waals surface area contributed by atoms with Gasteiger partial charge in [-0.3, -0.25) is 0 Å². The van der Waals surface area contributed by atoms with Crippen molar-refractivity contribution in [3.05, 3.63) is 113 Å². The van der Waals surface area contributed by atoms with Crippen LogP contribution >= 0.6 is 0 Å². The molecular weight excluding hydrogens is 460 g/mol. The Bertz CT molecular complexity index is 1150. The molecule has 3 aromatic carbocycles. The van der Waals surface area contributed by atoms with Crippen LogP contribution in [0.3, 0.4) is 0 Å². The first-order chi connectivity index (χ1) is 17.9. The van der Waals surface area contributed by atoms with Crippen LogP contribution in [0.15, 0.2) is 91.2 Å². The molecule has 0 spiro atoms. The maximum absolute atomic E-state index is 9.36. The first-order valence-electron chi connectivity index (χ1n) is 12.8. The van der Waals surface area contributed by atoms with Gasteiger partial charge in [0.1, 0.15) is 17.1 Å². The first-order valence-corrected chi connectivity index (χ1v) is 12.8. The molecule has 0 aliphatic heterocycles. The van der Waals surface area contributed by atoms with Gasteiger partial charge >= 0.3 is 0 Å². The number of phenolic OH excluding ortho intramolecular Hbond substituents is 1. The zero-order valence-electron chi connectivity index (χ0n) is 22.3. The SMILES string of the molecule is CCOC(CC)OC=Cc1ccc(CC(C)(C)Oc2ccc(C=CC=Cc3ccc(O)cc3)cc2)cc1. The third-order valence-electron chi connectivity index (χ3n) is 5.64. The van der Waals surface area contributed by atoms with E-state index in [0.717, 1.165) is 35.3 Å². The summed E-state index contributed by atoms with van der Waals surface area (Å²) in [6, 6.07) is 23.7. The minimum Gasteiger partial charge on any atom is -0.508 e. The van der Waals surface area contributed by atoms with Crippen LogP contribution in [0.2, 0.25) is 0 Å². The molecule has 1 unspecified atom stereocenters. The van der Waals surface area contributed by atoms with Gasteiger partial charge in [-0.2, -0.15) is 0 Å². The first kappa shape index (κ1) is 27.8. The van der Waals surface area contributed by atoms with Crippen LogP contribution in [-0.4, -0.2) is 23.6 Å². The highest BCUT2D eigenvalue weighted by Crippen LogP contribution is 2.23. The molecule has 0 bridgehead atoms. The average molecular weight is 499 g/mol. The average Bonchev–Trinajstić information content (AvgIpc) is 2.88. The standard InChI is InChI=1S/C33H38O4/c1-5-32(35-6-2)36-24-23-28-11-13-29(14-12-28)25-33(3,4)37-31-21-17-27(18-22-31)10-8-7-9-26-15-19-30(34)20-16-26/h7-24,32,34H,5-6,25H2,1-4H3. The Hall–Kier alpha value is -3.76. The monoisotopic (exact) mass is 498 g/mol. The fourth-order valence-corrected chi connectivity index (χ4v) is 3.80. The lowest BCUT2D eigenvalue weighted by atomic mass is 9.97. The van der Waals surface area contributed by atoms with Crippen LogP contribution in [0.5, 0.6) is 11.5 Å². The predicted octanol–water partition coefficient (Wildman–Crippen LogP) is 8.28. The van der Waals surface area contributed by atoms with E-state index in [1.54, 1.807) is 18.4 Å². The lowest BCUT2D eigenvalue weighted by Gasteiger charge is -2.27. The lowest BCUT2D eigenvalue weighted by molar-refractivity contribution is -0.102. The van der Waals surface area contributed by atoms with Crippen molar-refractivity contribution in [3.63, 3.8) is 0 Å². The van der Waals surface area contributed by atoms with Crippen LogP contribution in [-0.2, 0) is 15.9 Å². The summed E-state index contributed by atoms with van der Waals surface area (Å²) in [5, 5.41) is 9.36. The maximum atomic E-state index is 9.36. The van der Waals surface area contributed by atoms with E-state index in [1.165, 1.54) is 5.56 Å². The van der Waals surface area contributed by atoms with Crippen LogP contribution in [0.4, 0.5) is 0 Å². The molecule has 37 heavy (non-hydrogen) atoms. The van der Waals surface area contributed by atoms with Gasteiger partial charge in [0.2, 0.25) is 0 Å². The van der Waals surface area contributed by atoms with Gasteiger partial charge in [0, 0.05) is 19.4 Å². The van der Waals surface area contributed by atoms with Gasteiger partial charge < -0.3 is 19.3 Å². The molecule has 0 amide bonds. The predicted molar refractivity (Wildman–Crippen MR) is 153 cm³/mol. The lowest BCUT2D eigenvalue weighted by Crippen LogP contribution is -2.30. The van der Waals surface area contributed by atoms with Crippen molar-refractivity contribution < 1.29 is 19.3 Å². The topological polar surface area (TPSA) is 47.9 Å². The molecule has 0 radical (unpaired) electrons. The number of rotatable bonds is 13. The molecule has 0 saturated heterocycles. The second-order valence-electron chi connectivity index (χ2n) is 9.39. The van der Waals surface area contributed by atoms with Crippen molar-refractivity contribution in [2.75, 3.05) is 6.61 Å². The molecule has 3 rings (SSSR count). The number of allylic oxidation sites excluding steroid dienone is 2. The molecule has 3 aromatic rings. The van der Waals surface area contributed by atoms with Crippen molar-refractivity contribution >= 4 is 18.2 Å². The number of ether oxygens (including phenoxy) is 3. The largest absolute Gasteiger partial charge is 0.508 e. The zero-order chi connectivity index (χ0) is 26.5. The van der Waals surface area contributed by atoms with Gasteiger partial charge in [0.25, 0.3) is 0 Å². The Morgan fingerprint density at radius 2 is 1.30 bits per heavy atom. The molecule has 1 atom stereocenters. The number of aromatic hydroxyl groups is 1. The van der Waals surface area contributed by atoms with Gasteiger partial charge in [-0.25, -0.2) is 0 Å². The van der Waals surface area contributed by atoms with Gasteiger partial charge in [-0.15, -0.1) is 0 Å². The Morgan fingerprint density at radius 1 is 0.757 bits per heavy atom. The fourth-order valence-electron chi connectivity index (χ4n) is 3.80. The van der Waals surface area contributed by atoms with Gasteiger partial charge in [0.05, 0.1) is 6.26 Å². The molecule has 0 aliphatic carbocycles. The van der Waals surface area contributed by atoms with E-state index < -0.39 is 0 Å². The summed E-state index contributed by atoms with van der Waals surface area (Å²) in [4.78, 5) is 0. The van der Waals surface area contributed by atoms with Gasteiger partial charge in [-0.05, 0) is 73.4 Å². The molecule has 0 saturated carbocycles. The highest BCUT2D eigenvalue weighted by Gasteiger charge is 2.20. The van der Waals surface area contributed by atoms with Crippen molar-refractivity contribution in [2.45, 2.75) is 52.4 Å². The molecule has 0 aromatic heterocycles. The number of hydrogen-bond acceptors (Lipinski definition) is 4. The molecule has 4 heteroatoms. The van der Waals surface area contributed by atoms with Crippen molar-refractivity contribution in [3.8, 4) is 11.5 Å². The summed E-state index contributed by atoms with van der Waals surface area (Å²) >= 11 is 0. The van der Waals surface area contributed by atoms with E-state index in [-0.39, 0.29) is 17.6 Å². The van der Waals surface area contributed by atoms with E-state index in [9.17, 15) is 5.11 Å². The Kier molecular flexibility index (Phi) is 10.6. The van der Waals surface area contributed by atoms with Crippen molar-refractivity contribution in [1.29, 1.82) is 0 Å². The maximum Gasteiger partial charge on any atom is 0.198 e. The second kappa shape index (κ2) is 14.1. The van der Waals surface area contributed by atoms with E-state index in [1.807, 2.05) is 80.6 Å². The highest BCUT2D eigenvalue weighted by molar-refractivity contribution is 5.58. The Balaban J connectivity index is 1.49. The fraction of sp³-hybridized carbons (Fsp3) is 0.273. The Labute approximate surface area is 221 Å². The summed E-state index contributed by atoms with van der Waals surface area (Å²) < 4.78 is 17.4. The van der Waals surface area contributed by atoms with Crippen molar-refractivity contribution in [1.82, 2.24) is 0 Å².